The van der Waals surface area contributed by atoms with Crippen LogP contribution < -0.4 is 0 Å². The second kappa shape index (κ2) is 7.00. The molecule has 1 aromatic heterocycles. The van der Waals surface area contributed by atoms with Gasteiger partial charge in [-0.05, 0) is 39.0 Å². The Bertz CT molecular complexity index is 621. The molecule has 2 atom stereocenters. The van der Waals surface area contributed by atoms with E-state index in [4.69, 9.17) is 0 Å². The maximum Gasteiger partial charge on any atom is 0.303 e. The Morgan fingerprint density at radius 3 is 2.64 bits per heavy atom. The molecule has 0 saturated heterocycles. The van der Waals surface area contributed by atoms with Crippen molar-refractivity contribution >= 4 is 10.2 Å². The predicted octanol–water partition coefficient (Wildman–Crippen LogP) is 2.38. The molecule has 5 nitrogen and oxygen atoms in total. The number of aryl methyl sites for hydroxylation is 2. The van der Waals surface area contributed by atoms with Gasteiger partial charge in [0.25, 0.3) is 0 Å². The molecule has 2 unspecified atom stereocenters. The Morgan fingerprint density at radius 2 is 2.09 bits per heavy atom. The molecule has 124 valence electrons. The lowest BCUT2D eigenvalue weighted by molar-refractivity contribution is 0.196. The van der Waals surface area contributed by atoms with Crippen molar-refractivity contribution in [2.75, 3.05) is 12.3 Å². The summed E-state index contributed by atoms with van der Waals surface area (Å²) in [4.78, 5) is 10.6. The highest BCUT2D eigenvalue weighted by molar-refractivity contribution is 7.86. The van der Waals surface area contributed by atoms with Crippen LogP contribution in [-0.4, -0.2) is 41.6 Å². The van der Waals surface area contributed by atoms with Crippen molar-refractivity contribution in [2.24, 2.45) is 5.92 Å². The first-order valence-corrected chi connectivity index (χ1v) is 9.25. The molecule has 1 saturated carbocycles. The Kier molecular flexibility index (Phi) is 5.50. The Morgan fingerprint density at radius 1 is 1.36 bits per heavy atom. The first kappa shape index (κ1) is 17.3. The van der Waals surface area contributed by atoms with Gasteiger partial charge in [-0.3, -0.25) is 4.90 Å². The molecule has 1 aromatic rings. The molecule has 1 aliphatic carbocycles. The molecule has 0 amide bonds. The van der Waals surface area contributed by atoms with Gasteiger partial charge < -0.3 is 0 Å². The molecular formula is C15H24FN3O2S. The fourth-order valence-corrected chi connectivity index (χ4v) is 3.56. The predicted molar refractivity (Wildman–Crippen MR) is 83.6 cm³/mol. The van der Waals surface area contributed by atoms with E-state index in [2.05, 4.69) is 21.8 Å². The minimum atomic E-state index is -4.44. The zero-order valence-corrected chi connectivity index (χ0v) is 14.2. The van der Waals surface area contributed by atoms with Crippen molar-refractivity contribution in [1.29, 1.82) is 0 Å². The molecule has 1 heterocycles. The summed E-state index contributed by atoms with van der Waals surface area (Å²) in [5, 5.41) is 0. The summed E-state index contributed by atoms with van der Waals surface area (Å²) in [7, 11) is -4.44. The number of halogens is 1. The van der Waals surface area contributed by atoms with E-state index in [1.165, 1.54) is 0 Å². The quantitative estimate of drug-likeness (QED) is 0.750. The van der Waals surface area contributed by atoms with E-state index in [-0.39, 0.29) is 6.54 Å². The van der Waals surface area contributed by atoms with E-state index in [1.54, 1.807) is 6.20 Å². The van der Waals surface area contributed by atoms with Crippen LogP contribution >= 0.6 is 0 Å². The Labute approximate surface area is 132 Å². The van der Waals surface area contributed by atoms with Gasteiger partial charge in [0.2, 0.25) is 0 Å². The molecule has 1 aliphatic rings. The molecule has 0 radical (unpaired) electrons. The minimum Gasteiger partial charge on any atom is -0.295 e. The van der Waals surface area contributed by atoms with Crippen LogP contribution in [0.4, 0.5) is 3.89 Å². The van der Waals surface area contributed by atoms with Crippen molar-refractivity contribution in [3.8, 4) is 0 Å². The van der Waals surface area contributed by atoms with Crippen LogP contribution in [-0.2, 0) is 16.8 Å². The van der Waals surface area contributed by atoms with Crippen molar-refractivity contribution in [3.63, 3.8) is 0 Å². The number of hydrogen-bond donors (Lipinski definition) is 0. The van der Waals surface area contributed by atoms with Gasteiger partial charge in [-0.2, -0.15) is 8.42 Å². The summed E-state index contributed by atoms with van der Waals surface area (Å²) in [6.07, 6.45) is 4.97. The van der Waals surface area contributed by atoms with E-state index < -0.39 is 16.0 Å². The van der Waals surface area contributed by atoms with Gasteiger partial charge in [0.15, 0.2) is 0 Å². The number of hydrogen-bond acceptors (Lipinski definition) is 5. The van der Waals surface area contributed by atoms with E-state index in [0.717, 1.165) is 30.5 Å². The molecule has 0 bridgehead atoms. The standard InChI is InChI=1S/C15H24FN3O2S/c1-11-4-5-15(8-11)19(6-7-22(16,20)21)10-14-9-17-13(3)18-12(14)2/h9,11,15H,4-8,10H2,1-3H3. The van der Waals surface area contributed by atoms with Crippen LogP contribution in [0.3, 0.4) is 0 Å². The highest BCUT2D eigenvalue weighted by atomic mass is 32.3. The molecule has 0 N–H and O–H groups in total. The highest BCUT2D eigenvalue weighted by Crippen LogP contribution is 2.30. The van der Waals surface area contributed by atoms with Gasteiger partial charge in [0, 0.05) is 36.6 Å². The van der Waals surface area contributed by atoms with Crippen molar-refractivity contribution in [3.05, 3.63) is 23.3 Å². The molecule has 0 spiro atoms. The lowest BCUT2D eigenvalue weighted by Crippen LogP contribution is -2.36. The van der Waals surface area contributed by atoms with Crippen molar-refractivity contribution < 1.29 is 12.3 Å². The molecule has 7 heteroatoms. The minimum absolute atomic E-state index is 0.212. The van der Waals surface area contributed by atoms with Gasteiger partial charge >= 0.3 is 10.2 Å². The number of rotatable bonds is 6. The van der Waals surface area contributed by atoms with Gasteiger partial charge in [-0.25, -0.2) is 9.97 Å². The maximum absolute atomic E-state index is 12.9. The normalized spacial score (nSPS) is 22.4. The van der Waals surface area contributed by atoms with Gasteiger partial charge in [-0.15, -0.1) is 3.89 Å². The molecule has 0 aliphatic heterocycles. The number of nitrogens with zero attached hydrogens (tertiary/aromatic N) is 3. The summed E-state index contributed by atoms with van der Waals surface area (Å²) >= 11 is 0. The van der Waals surface area contributed by atoms with Crippen LogP contribution in [0.15, 0.2) is 6.20 Å². The summed E-state index contributed by atoms with van der Waals surface area (Å²) in [5.74, 6) is 0.891. The third-order valence-corrected chi connectivity index (χ3v) is 5.05. The first-order chi connectivity index (χ1) is 10.2. The Balaban J connectivity index is 2.12. The second-order valence-corrected chi connectivity index (χ2v) is 7.80. The molecule has 1 fully saturated rings. The topological polar surface area (TPSA) is 63.2 Å². The van der Waals surface area contributed by atoms with E-state index in [9.17, 15) is 12.3 Å². The maximum atomic E-state index is 12.9. The SMILES string of the molecule is Cc1ncc(CN(CCS(=O)(=O)F)C2CCC(C)C2)c(C)n1. The summed E-state index contributed by atoms with van der Waals surface area (Å²) < 4.78 is 34.6. The molecule has 2 rings (SSSR count). The highest BCUT2D eigenvalue weighted by Gasteiger charge is 2.28. The number of aromatic nitrogens is 2. The fourth-order valence-electron chi connectivity index (χ4n) is 3.11. The third-order valence-electron chi connectivity index (χ3n) is 4.38. The van der Waals surface area contributed by atoms with Crippen LogP contribution in [0.1, 0.15) is 43.3 Å². The fraction of sp³-hybridized carbons (Fsp3) is 0.733. The van der Waals surface area contributed by atoms with E-state index >= 15 is 0 Å². The zero-order chi connectivity index (χ0) is 16.3. The summed E-state index contributed by atoms with van der Waals surface area (Å²) in [5.41, 5.74) is 1.87. The third kappa shape index (κ3) is 4.98. The first-order valence-electron chi connectivity index (χ1n) is 7.70. The van der Waals surface area contributed by atoms with E-state index in [1.807, 2.05) is 13.8 Å². The van der Waals surface area contributed by atoms with Crippen LogP contribution in [0.25, 0.3) is 0 Å². The summed E-state index contributed by atoms with van der Waals surface area (Å²) in [6, 6.07) is 0.303. The average Bonchev–Trinajstić information content (AvgIpc) is 2.82. The van der Waals surface area contributed by atoms with Crippen LogP contribution in [0.5, 0.6) is 0 Å². The molecule has 22 heavy (non-hydrogen) atoms. The van der Waals surface area contributed by atoms with E-state index in [0.29, 0.717) is 24.3 Å². The van der Waals surface area contributed by atoms with Crippen LogP contribution in [0, 0.1) is 19.8 Å². The largest absolute Gasteiger partial charge is 0.303 e. The van der Waals surface area contributed by atoms with Crippen LogP contribution in [0.2, 0.25) is 0 Å². The molecule has 0 aromatic carbocycles. The van der Waals surface area contributed by atoms with Crippen molar-refractivity contribution in [2.45, 2.75) is 52.6 Å². The van der Waals surface area contributed by atoms with Crippen molar-refractivity contribution in [1.82, 2.24) is 14.9 Å². The second-order valence-electron chi connectivity index (χ2n) is 6.31. The lowest BCUT2D eigenvalue weighted by Gasteiger charge is -2.28. The Hall–Kier alpha value is -1.08. The van der Waals surface area contributed by atoms with Gasteiger partial charge in [0.1, 0.15) is 5.82 Å². The smallest absolute Gasteiger partial charge is 0.295 e. The van der Waals surface area contributed by atoms with Gasteiger partial charge in [0.05, 0.1) is 5.75 Å². The average molecular weight is 329 g/mol. The zero-order valence-electron chi connectivity index (χ0n) is 13.4. The lowest BCUT2D eigenvalue weighted by atomic mass is 10.1. The van der Waals surface area contributed by atoms with Gasteiger partial charge in [-0.1, -0.05) is 6.92 Å². The molecular weight excluding hydrogens is 305 g/mol. The summed E-state index contributed by atoms with van der Waals surface area (Å²) in [6.45, 7) is 6.74. The monoisotopic (exact) mass is 329 g/mol.